The summed E-state index contributed by atoms with van der Waals surface area (Å²) in [5.41, 5.74) is 0.379. The molecule has 0 aliphatic heterocycles. The predicted molar refractivity (Wildman–Crippen MR) is 104 cm³/mol. The molecule has 3 aromatic rings. The van der Waals surface area contributed by atoms with Crippen LogP contribution < -0.4 is 15.6 Å². The molecule has 2 aromatic carbocycles. The summed E-state index contributed by atoms with van der Waals surface area (Å²) < 4.78 is 10.1. The number of esters is 1. The van der Waals surface area contributed by atoms with E-state index in [1.54, 1.807) is 36.4 Å². The van der Waals surface area contributed by atoms with Gasteiger partial charge in [-0.05, 0) is 24.3 Å². The van der Waals surface area contributed by atoms with Gasteiger partial charge in [-0.2, -0.15) is 5.10 Å². The zero-order valence-electron chi connectivity index (χ0n) is 14.8. The summed E-state index contributed by atoms with van der Waals surface area (Å²) in [5.74, 6) is -0.779. The van der Waals surface area contributed by atoms with Crippen LogP contribution in [0.5, 0.6) is 5.75 Å². The molecule has 0 unspecified atom stereocenters. The van der Waals surface area contributed by atoms with Crippen LogP contribution in [0.4, 0.5) is 5.69 Å². The van der Waals surface area contributed by atoms with Crippen molar-refractivity contribution in [3.8, 4) is 5.75 Å². The van der Waals surface area contributed by atoms with E-state index in [1.807, 2.05) is 0 Å². The normalized spacial score (nSPS) is 10.5. The van der Waals surface area contributed by atoms with Gasteiger partial charge in [0.05, 0.1) is 30.3 Å². The Hall–Kier alpha value is -3.39. The Labute approximate surface area is 164 Å². The second kappa shape index (κ2) is 8.53. The highest BCUT2D eigenvalue weighted by Crippen LogP contribution is 2.27. The van der Waals surface area contributed by atoms with Crippen LogP contribution >= 0.6 is 11.6 Å². The number of aromatic amines is 1. The Bertz CT molecular complexity index is 1100. The van der Waals surface area contributed by atoms with Crippen LogP contribution in [0.1, 0.15) is 5.69 Å². The maximum Gasteiger partial charge on any atom is 0.312 e. The minimum Gasteiger partial charge on any atom is -0.495 e. The first kappa shape index (κ1) is 19.4. The number of hydrogen-bond donors (Lipinski definition) is 2. The van der Waals surface area contributed by atoms with Crippen molar-refractivity contribution in [1.82, 2.24) is 10.2 Å². The lowest BCUT2D eigenvalue weighted by atomic mass is 10.1. The largest absolute Gasteiger partial charge is 0.495 e. The number of H-pyrrole nitrogens is 1. The Morgan fingerprint density at radius 1 is 1.18 bits per heavy atom. The topological polar surface area (TPSA) is 110 Å². The fraction of sp³-hybridized carbons (Fsp3) is 0.158. The van der Waals surface area contributed by atoms with E-state index < -0.39 is 18.5 Å². The number of carbonyl (C=O) groups is 2. The van der Waals surface area contributed by atoms with Gasteiger partial charge in [-0.3, -0.25) is 14.4 Å². The van der Waals surface area contributed by atoms with Gasteiger partial charge in [-0.1, -0.05) is 29.8 Å². The first-order valence-corrected chi connectivity index (χ1v) is 8.61. The number of benzene rings is 2. The number of rotatable bonds is 6. The fourth-order valence-corrected chi connectivity index (χ4v) is 2.78. The monoisotopic (exact) mass is 401 g/mol. The van der Waals surface area contributed by atoms with Gasteiger partial charge in [0, 0.05) is 10.4 Å². The quantitative estimate of drug-likeness (QED) is 0.613. The first-order chi connectivity index (χ1) is 13.5. The molecule has 8 nitrogen and oxygen atoms in total. The molecule has 28 heavy (non-hydrogen) atoms. The van der Waals surface area contributed by atoms with Gasteiger partial charge in [0.25, 0.3) is 11.5 Å². The van der Waals surface area contributed by atoms with Crippen LogP contribution in [0.2, 0.25) is 5.02 Å². The summed E-state index contributed by atoms with van der Waals surface area (Å²) >= 11 is 5.91. The Balaban J connectivity index is 1.62. The number of amides is 1. The third kappa shape index (κ3) is 4.47. The molecule has 1 heterocycles. The van der Waals surface area contributed by atoms with Crippen molar-refractivity contribution in [2.45, 2.75) is 6.42 Å². The standard InChI is InChI=1S/C19H16ClN3O5/c1-27-16-7-6-11(20)8-15(16)21-17(24)10-28-18(25)9-14-12-4-2-3-5-13(12)19(26)23-22-14/h2-8H,9-10H2,1H3,(H,21,24)(H,23,26). The summed E-state index contributed by atoms with van der Waals surface area (Å²) in [7, 11) is 1.46. The number of methoxy groups -OCH3 is 1. The van der Waals surface area contributed by atoms with Gasteiger partial charge in [0.15, 0.2) is 6.61 Å². The van der Waals surface area contributed by atoms with Crippen molar-refractivity contribution >= 4 is 39.9 Å². The highest BCUT2D eigenvalue weighted by Gasteiger charge is 2.14. The molecular formula is C19H16ClN3O5. The molecule has 0 aliphatic carbocycles. The molecule has 0 saturated carbocycles. The number of carbonyl (C=O) groups excluding carboxylic acids is 2. The lowest BCUT2D eigenvalue weighted by molar-refractivity contribution is -0.146. The minimum atomic E-state index is -0.655. The summed E-state index contributed by atoms with van der Waals surface area (Å²) in [6.45, 7) is -0.490. The van der Waals surface area contributed by atoms with E-state index in [1.165, 1.54) is 13.2 Å². The average Bonchev–Trinajstić information content (AvgIpc) is 2.69. The van der Waals surface area contributed by atoms with Crippen LogP contribution in [0.25, 0.3) is 10.8 Å². The number of nitrogens with zero attached hydrogens (tertiary/aromatic N) is 1. The molecular weight excluding hydrogens is 386 g/mol. The number of hydrogen-bond acceptors (Lipinski definition) is 6. The highest BCUT2D eigenvalue weighted by molar-refractivity contribution is 6.31. The number of fused-ring (bicyclic) bond motifs is 1. The van der Waals surface area contributed by atoms with Gasteiger partial charge in [0.2, 0.25) is 0 Å². The molecule has 0 atom stereocenters. The van der Waals surface area contributed by atoms with E-state index in [9.17, 15) is 14.4 Å². The third-order valence-electron chi connectivity index (χ3n) is 3.89. The third-order valence-corrected chi connectivity index (χ3v) is 4.12. The average molecular weight is 402 g/mol. The number of aromatic nitrogens is 2. The second-order valence-corrected chi connectivity index (χ2v) is 6.21. The van der Waals surface area contributed by atoms with Gasteiger partial charge < -0.3 is 14.8 Å². The minimum absolute atomic E-state index is 0.189. The molecule has 0 bridgehead atoms. The second-order valence-electron chi connectivity index (χ2n) is 5.78. The molecule has 0 fully saturated rings. The van der Waals surface area contributed by atoms with E-state index in [2.05, 4.69) is 15.5 Å². The van der Waals surface area contributed by atoms with Crippen LogP contribution in [-0.2, 0) is 20.7 Å². The van der Waals surface area contributed by atoms with Crippen LogP contribution in [0.15, 0.2) is 47.3 Å². The highest BCUT2D eigenvalue weighted by atomic mass is 35.5. The van der Waals surface area contributed by atoms with Gasteiger partial charge in [0.1, 0.15) is 5.75 Å². The Morgan fingerprint density at radius 2 is 1.93 bits per heavy atom. The molecule has 0 spiro atoms. The smallest absolute Gasteiger partial charge is 0.312 e. The van der Waals surface area contributed by atoms with E-state index >= 15 is 0 Å². The molecule has 0 aliphatic rings. The predicted octanol–water partition coefficient (Wildman–Crippen LogP) is 2.31. The molecule has 0 radical (unpaired) electrons. The Morgan fingerprint density at radius 3 is 2.68 bits per heavy atom. The van der Waals surface area contributed by atoms with E-state index in [0.717, 1.165) is 0 Å². The maximum absolute atomic E-state index is 12.1. The zero-order valence-corrected chi connectivity index (χ0v) is 15.6. The van der Waals surface area contributed by atoms with E-state index in [4.69, 9.17) is 21.1 Å². The maximum atomic E-state index is 12.1. The number of ether oxygens (including phenoxy) is 2. The first-order valence-electron chi connectivity index (χ1n) is 8.23. The fourth-order valence-electron chi connectivity index (χ4n) is 2.60. The van der Waals surface area contributed by atoms with Gasteiger partial charge >= 0.3 is 5.97 Å². The summed E-state index contributed by atoms with van der Waals surface area (Å²) in [4.78, 5) is 35.9. The molecule has 0 saturated heterocycles. The van der Waals surface area contributed by atoms with Crippen LogP contribution in [0, 0.1) is 0 Å². The molecule has 2 N–H and O–H groups in total. The molecule has 9 heteroatoms. The molecule has 144 valence electrons. The van der Waals surface area contributed by atoms with Crippen molar-refractivity contribution in [1.29, 1.82) is 0 Å². The van der Waals surface area contributed by atoms with E-state index in [0.29, 0.717) is 32.9 Å². The summed E-state index contributed by atoms with van der Waals surface area (Å²) in [5, 5.41) is 10.2. The number of halogens is 1. The number of anilines is 1. The number of nitrogens with one attached hydrogen (secondary N) is 2. The molecule has 1 aromatic heterocycles. The lowest BCUT2D eigenvalue weighted by Gasteiger charge is -2.11. The van der Waals surface area contributed by atoms with Crippen molar-refractivity contribution < 1.29 is 19.1 Å². The molecule has 3 rings (SSSR count). The van der Waals surface area contributed by atoms with Crippen molar-refractivity contribution in [2.75, 3.05) is 19.0 Å². The summed E-state index contributed by atoms with van der Waals surface area (Å²) in [6.07, 6.45) is -0.189. The lowest BCUT2D eigenvalue weighted by Crippen LogP contribution is -2.22. The van der Waals surface area contributed by atoms with Crippen LogP contribution in [0.3, 0.4) is 0 Å². The van der Waals surface area contributed by atoms with E-state index in [-0.39, 0.29) is 12.0 Å². The van der Waals surface area contributed by atoms with Gasteiger partial charge in [-0.15, -0.1) is 0 Å². The van der Waals surface area contributed by atoms with Gasteiger partial charge in [-0.25, -0.2) is 5.10 Å². The van der Waals surface area contributed by atoms with Crippen LogP contribution in [-0.4, -0.2) is 35.8 Å². The molecule has 1 amide bonds. The SMILES string of the molecule is COc1ccc(Cl)cc1NC(=O)COC(=O)Cc1n[nH]c(=O)c2ccccc12. The van der Waals surface area contributed by atoms with Crippen molar-refractivity contribution in [3.05, 3.63) is 63.5 Å². The van der Waals surface area contributed by atoms with Crippen molar-refractivity contribution in [3.63, 3.8) is 0 Å². The van der Waals surface area contributed by atoms with Crippen molar-refractivity contribution in [2.24, 2.45) is 0 Å². The Kier molecular flexibility index (Phi) is 5.90. The zero-order chi connectivity index (χ0) is 20.1. The summed E-state index contributed by atoms with van der Waals surface area (Å²) in [6, 6.07) is 11.5.